The Morgan fingerprint density at radius 2 is 1.82 bits per heavy atom. The summed E-state index contributed by atoms with van der Waals surface area (Å²) in [6.07, 6.45) is -0.173. The fourth-order valence-electron chi connectivity index (χ4n) is 3.11. The van der Waals surface area contributed by atoms with E-state index in [4.69, 9.17) is 4.74 Å². The van der Waals surface area contributed by atoms with Gasteiger partial charge in [-0.3, -0.25) is 14.8 Å². The quantitative estimate of drug-likeness (QED) is 0.689. The normalized spacial score (nSPS) is 17.1. The standard InChI is InChI=1S/C19H15F3N4O2/c20-19(21,22)13-3-5-25-17(10-13)28-14-4-8-26(11-14)18(27)12-1-2-15-16(9-12)24-7-6-23-15/h1-3,5-7,9-10,14H,4,8,11H2. The SMILES string of the molecule is O=C(c1ccc2nccnc2c1)N1CCC(Oc2cc(C(F)(F)F)ccn2)C1. The van der Waals surface area contributed by atoms with Gasteiger partial charge in [0, 0.05) is 43.2 Å². The van der Waals surface area contributed by atoms with E-state index in [2.05, 4.69) is 15.0 Å². The van der Waals surface area contributed by atoms with Gasteiger partial charge in [0.2, 0.25) is 5.88 Å². The van der Waals surface area contributed by atoms with E-state index in [1.54, 1.807) is 35.5 Å². The highest BCUT2D eigenvalue weighted by Gasteiger charge is 2.32. The van der Waals surface area contributed by atoms with E-state index < -0.39 is 17.8 Å². The van der Waals surface area contributed by atoms with Crippen LogP contribution in [-0.2, 0) is 6.18 Å². The molecule has 0 radical (unpaired) electrons. The van der Waals surface area contributed by atoms with Crippen molar-refractivity contribution in [2.24, 2.45) is 0 Å². The third kappa shape index (κ3) is 3.73. The number of aromatic nitrogens is 3. The number of rotatable bonds is 3. The molecule has 1 atom stereocenters. The van der Waals surface area contributed by atoms with Crippen LogP contribution in [0, 0.1) is 0 Å². The summed E-state index contributed by atoms with van der Waals surface area (Å²) in [4.78, 5) is 26.5. The number of pyridine rings is 1. The van der Waals surface area contributed by atoms with Crippen molar-refractivity contribution in [2.45, 2.75) is 18.7 Å². The van der Waals surface area contributed by atoms with Crippen molar-refractivity contribution in [3.05, 3.63) is 60.0 Å². The first-order chi connectivity index (χ1) is 13.4. The molecule has 3 aromatic rings. The molecule has 28 heavy (non-hydrogen) atoms. The van der Waals surface area contributed by atoms with Crippen LogP contribution in [0.25, 0.3) is 11.0 Å². The van der Waals surface area contributed by atoms with Crippen molar-refractivity contribution < 1.29 is 22.7 Å². The van der Waals surface area contributed by atoms with Gasteiger partial charge in [-0.25, -0.2) is 4.98 Å². The molecule has 1 unspecified atom stereocenters. The van der Waals surface area contributed by atoms with Gasteiger partial charge in [0.25, 0.3) is 5.91 Å². The molecule has 4 rings (SSSR count). The zero-order chi connectivity index (χ0) is 19.7. The van der Waals surface area contributed by atoms with Crippen LogP contribution < -0.4 is 4.74 Å². The predicted molar refractivity (Wildman–Crippen MR) is 93.7 cm³/mol. The average Bonchev–Trinajstić information content (AvgIpc) is 3.15. The topological polar surface area (TPSA) is 68.2 Å². The van der Waals surface area contributed by atoms with Gasteiger partial charge < -0.3 is 9.64 Å². The molecule has 0 saturated carbocycles. The number of carbonyl (C=O) groups excluding carboxylic acids is 1. The van der Waals surface area contributed by atoms with Crippen LogP contribution in [-0.4, -0.2) is 45.0 Å². The first-order valence-corrected chi connectivity index (χ1v) is 8.60. The van der Waals surface area contributed by atoms with Crippen LogP contribution in [0.3, 0.4) is 0 Å². The first-order valence-electron chi connectivity index (χ1n) is 8.60. The molecule has 1 aromatic carbocycles. The number of likely N-dealkylation sites (tertiary alicyclic amines) is 1. The molecular weight excluding hydrogens is 373 g/mol. The van der Waals surface area contributed by atoms with Gasteiger partial charge in [-0.05, 0) is 24.3 Å². The lowest BCUT2D eigenvalue weighted by molar-refractivity contribution is -0.137. The minimum Gasteiger partial charge on any atom is -0.472 e. The molecule has 1 saturated heterocycles. The van der Waals surface area contributed by atoms with Gasteiger partial charge in [-0.15, -0.1) is 0 Å². The van der Waals surface area contributed by atoms with Crippen LogP contribution in [0.4, 0.5) is 13.2 Å². The van der Waals surface area contributed by atoms with Crippen molar-refractivity contribution in [2.75, 3.05) is 13.1 Å². The molecule has 0 bridgehead atoms. The smallest absolute Gasteiger partial charge is 0.416 e. The molecule has 6 nitrogen and oxygen atoms in total. The summed E-state index contributed by atoms with van der Waals surface area (Å²) in [7, 11) is 0. The number of hydrogen-bond donors (Lipinski definition) is 0. The van der Waals surface area contributed by atoms with Crippen molar-refractivity contribution in [1.29, 1.82) is 0 Å². The van der Waals surface area contributed by atoms with E-state index in [-0.39, 0.29) is 18.3 Å². The lowest BCUT2D eigenvalue weighted by Crippen LogP contribution is -2.31. The van der Waals surface area contributed by atoms with Crippen LogP contribution in [0.15, 0.2) is 48.9 Å². The summed E-state index contributed by atoms with van der Waals surface area (Å²) < 4.78 is 44.0. The second-order valence-corrected chi connectivity index (χ2v) is 6.42. The number of amides is 1. The summed E-state index contributed by atoms with van der Waals surface area (Å²) in [5.74, 6) is -0.286. The predicted octanol–water partition coefficient (Wildman–Crippen LogP) is 3.34. The number of alkyl halides is 3. The molecule has 1 fully saturated rings. The van der Waals surface area contributed by atoms with Gasteiger partial charge in [-0.1, -0.05) is 0 Å². The Balaban J connectivity index is 1.44. The van der Waals surface area contributed by atoms with Crippen LogP contribution in [0.2, 0.25) is 0 Å². The largest absolute Gasteiger partial charge is 0.472 e. The highest BCUT2D eigenvalue weighted by atomic mass is 19.4. The Morgan fingerprint density at radius 3 is 2.61 bits per heavy atom. The fraction of sp³-hybridized carbons (Fsp3) is 0.263. The molecule has 144 valence electrons. The maximum atomic E-state index is 12.8. The second kappa shape index (κ2) is 7.06. The molecule has 9 heteroatoms. The van der Waals surface area contributed by atoms with Crippen molar-refractivity contribution in [3.63, 3.8) is 0 Å². The van der Waals surface area contributed by atoms with Crippen LogP contribution in [0.1, 0.15) is 22.3 Å². The summed E-state index contributed by atoms with van der Waals surface area (Å²) in [6.45, 7) is 0.718. The van der Waals surface area contributed by atoms with Gasteiger partial charge in [0.15, 0.2) is 0 Å². The Bertz CT molecular complexity index is 1030. The van der Waals surface area contributed by atoms with E-state index in [0.717, 1.165) is 18.3 Å². The highest BCUT2D eigenvalue weighted by Crippen LogP contribution is 2.31. The third-order valence-electron chi connectivity index (χ3n) is 4.50. The molecule has 1 aliphatic heterocycles. The zero-order valence-electron chi connectivity index (χ0n) is 14.6. The Hall–Kier alpha value is -3.23. The number of benzene rings is 1. The van der Waals surface area contributed by atoms with Gasteiger partial charge in [0.1, 0.15) is 6.10 Å². The van der Waals surface area contributed by atoms with E-state index in [1.165, 1.54) is 0 Å². The molecule has 3 heterocycles. The van der Waals surface area contributed by atoms with E-state index in [1.807, 2.05) is 0 Å². The molecule has 2 aromatic heterocycles. The fourth-order valence-corrected chi connectivity index (χ4v) is 3.11. The molecule has 0 spiro atoms. The molecular formula is C19H15F3N4O2. The Labute approximate surface area is 158 Å². The Morgan fingerprint density at radius 1 is 1.04 bits per heavy atom. The summed E-state index contributed by atoms with van der Waals surface area (Å²) in [6, 6.07) is 6.84. The number of carbonyl (C=O) groups is 1. The summed E-state index contributed by atoms with van der Waals surface area (Å²) in [5.41, 5.74) is 0.970. The maximum Gasteiger partial charge on any atom is 0.416 e. The second-order valence-electron chi connectivity index (χ2n) is 6.42. The van der Waals surface area contributed by atoms with E-state index in [0.29, 0.717) is 29.6 Å². The van der Waals surface area contributed by atoms with E-state index >= 15 is 0 Å². The Kier molecular flexibility index (Phi) is 4.58. The number of ether oxygens (including phenoxy) is 1. The highest BCUT2D eigenvalue weighted by molar-refractivity contribution is 5.97. The lowest BCUT2D eigenvalue weighted by Gasteiger charge is -2.17. The van der Waals surface area contributed by atoms with E-state index in [9.17, 15) is 18.0 Å². The lowest BCUT2D eigenvalue weighted by atomic mass is 10.1. The number of halogens is 3. The van der Waals surface area contributed by atoms with Gasteiger partial charge in [0.05, 0.1) is 23.1 Å². The molecule has 1 amide bonds. The van der Waals surface area contributed by atoms with Crippen molar-refractivity contribution >= 4 is 16.9 Å². The number of fused-ring (bicyclic) bond motifs is 1. The summed E-state index contributed by atoms with van der Waals surface area (Å²) >= 11 is 0. The van der Waals surface area contributed by atoms with Gasteiger partial charge in [-0.2, -0.15) is 13.2 Å². The van der Waals surface area contributed by atoms with Crippen LogP contribution >= 0.6 is 0 Å². The monoisotopic (exact) mass is 388 g/mol. The van der Waals surface area contributed by atoms with Crippen molar-refractivity contribution in [1.82, 2.24) is 19.9 Å². The average molecular weight is 388 g/mol. The maximum absolute atomic E-state index is 12.8. The number of nitrogens with zero attached hydrogens (tertiary/aromatic N) is 4. The third-order valence-corrected chi connectivity index (χ3v) is 4.50. The van der Waals surface area contributed by atoms with Crippen LogP contribution in [0.5, 0.6) is 5.88 Å². The molecule has 1 aliphatic rings. The molecule has 0 aliphatic carbocycles. The minimum atomic E-state index is -4.46. The van der Waals surface area contributed by atoms with Gasteiger partial charge >= 0.3 is 6.18 Å². The van der Waals surface area contributed by atoms with Crippen molar-refractivity contribution in [3.8, 4) is 5.88 Å². The summed E-state index contributed by atoms with van der Waals surface area (Å²) in [5, 5.41) is 0. The first kappa shape index (κ1) is 18.1. The number of hydrogen-bond acceptors (Lipinski definition) is 5. The molecule has 0 N–H and O–H groups in total. The minimum absolute atomic E-state index is 0.102. The zero-order valence-corrected chi connectivity index (χ0v) is 14.6.